The molecule has 108 valence electrons. The minimum atomic E-state index is -0.621. The first kappa shape index (κ1) is 15.4. The second kappa shape index (κ2) is 5.80. The van der Waals surface area contributed by atoms with Crippen LogP contribution >= 0.6 is 23.1 Å². The number of rotatable bonds is 3. The highest BCUT2D eigenvalue weighted by Gasteiger charge is 2.26. The van der Waals surface area contributed by atoms with Crippen molar-refractivity contribution >= 4 is 23.1 Å². The Morgan fingerprint density at radius 1 is 1.35 bits per heavy atom. The standard InChI is InChI=1S/C15H19ClN2OS/c1-9-5-6-10(11(16)7-9)8-12(19)13-14(15(2,3)4)17-18-20-13/h5-7,12,19H,8H2,1-4H3. The van der Waals surface area contributed by atoms with Crippen LogP contribution in [0.1, 0.15) is 48.6 Å². The fraction of sp³-hybridized carbons (Fsp3) is 0.467. The maximum atomic E-state index is 10.5. The molecule has 1 heterocycles. The highest BCUT2D eigenvalue weighted by atomic mass is 35.5. The van der Waals surface area contributed by atoms with Crippen molar-refractivity contribution < 1.29 is 5.11 Å². The summed E-state index contributed by atoms with van der Waals surface area (Å²) in [6.45, 7) is 8.20. The number of aliphatic hydroxyl groups is 1. The summed E-state index contributed by atoms with van der Waals surface area (Å²) in [7, 11) is 0. The number of aryl methyl sites for hydroxylation is 1. The molecule has 3 nitrogen and oxygen atoms in total. The summed E-state index contributed by atoms with van der Waals surface area (Å²) in [5.41, 5.74) is 2.79. The minimum absolute atomic E-state index is 0.125. The number of aliphatic hydroxyl groups excluding tert-OH is 1. The van der Waals surface area contributed by atoms with Gasteiger partial charge < -0.3 is 5.11 Å². The van der Waals surface area contributed by atoms with Gasteiger partial charge in [-0.25, -0.2) is 0 Å². The van der Waals surface area contributed by atoms with Crippen molar-refractivity contribution in [1.82, 2.24) is 9.59 Å². The normalized spacial score (nSPS) is 13.5. The highest BCUT2D eigenvalue weighted by molar-refractivity contribution is 7.05. The Morgan fingerprint density at radius 2 is 2.05 bits per heavy atom. The van der Waals surface area contributed by atoms with Crippen LogP contribution in [0, 0.1) is 6.92 Å². The summed E-state index contributed by atoms with van der Waals surface area (Å²) in [5, 5.41) is 15.3. The molecule has 2 rings (SSSR count). The first-order valence-corrected chi connectivity index (χ1v) is 7.70. The molecule has 1 unspecified atom stereocenters. The van der Waals surface area contributed by atoms with Crippen molar-refractivity contribution in [2.45, 2.75) is 45.6 Å². The van der Waals surface area contributed by atoms with Crippen LogP contribution in [-0.4, -0.2) is 14.7 Å². The molecular weight excluding hydrogens is 292 g/mol. The van der Waals surface area contributed by atoms with E-state index in [2.05, 4.69) is 30.4 Å². The molecule has 5 heteroatoms. The summed E-state index contributed by atoms with van der Waals surface area (Å²) in [4.78, 5) is 0.828. The summed E-state index contributed by atoms with van der Waals surface area (Å²) in [6.07, 6.45) is -0.143. The lowest BCUT2D eigenvalue weighted by atomic mass is 9.89. The molecule has 0 radical (unpaired) electrons. The third-order valence-electron chi connectivity index (χ3n) is 3.15. The van der Waals surface area contributed by atoms with E-state index in [0.29, 0.717) is 11.4 Å². The van der Waals surface area contributed by atoms with Gasteiger partial charge in [0, 0.05) is 16.9 Å². The van der Waals surface area contributed by atoms with Crippen molar-refractivity contribution in [2.24, 2.45) is 0 Å². The van der Waals surface area contributed by atoms with Crippen LogP contribution in [-0.2, 0) is 11.8 Å². The van der Waals surface area contributed by atoms with Crippen LogP contribution in [0.5, 0.6) is 0 Å². The van der Waals surface area contributed by atoms with E-state index in [1.807, 2.05) is 25.1 Å². The van der Waals surface area contributed by atoms with E-state index in [9.17, 15) is 5.11 Å². The maximum absolute atomic E-state index is 10.5. The molecule has 0 aliphatic rings. The molecule has 0 fully saturated rings. The molecule has 0 saturated carbocycles. The van der Waals surface area contributed by atoms with E-state index >= 15 is 0 Å². The zero-order chi connectivity index (χ0) is 14.9. The number of halogens is 1. The Kier molecular flexibility index (Phi) is 4.47. The maximum Gasteiger partial charge on any atom is 0.0958 e. The first-order valence-electron chi connectivity index (χ1n) is 6.55. The zero-order valence-corrected chi connectivity index (χ0v) is 13.7. The van der Waals surface area contributed by atoms with Gasteiger partial charge in [-0.2, -0.15) is 0 Å². The molecule has 0 aliphatic carbocycles. The van der Waals surface area contributed by atoms with Crippen LogP contribution in [0.25, 0.3) is 0 Å². The fourth-order valence-corrected chi connectivity index (χ4v) is 3.22. The van der Waals surface area contributed by atoms with Crippen molar-refractivity contribution in [1.29, 1.82) is 0 Å². The van der Waals surface area contributed by atoms with Gasteiger partial charge in [-0.3, -0.25) is 0 Å². The Bertz CT molecular complexity index is 604. The third-order valence-corrected chi connectivity index (χ3v) is 4.33. The zero-order valence-electron chi connectivity index (χ0n) is 12.1. The Balaban J connectivity index is 2.25. The average molecular weight is 311 g/mol. The van der Waals surface area contributed by atoms with Crippen LogP contribution in [0.15, 0.2) is 18.2 Å². The van der Waals surface area contributed by atoms with Gasteiger partial charge in [-0.05, 0) is 35.6 Å². The Hall–Kier alpha value is -0.970. The largest absolute Gasteiger partial charge is 0.387 e. The molecule has 2 aromatic rings. The molecule has 0 aliphatic heterocycles. The molecule has 1 aromatic heterocycles. The Morgan fingerprint density at radius 3 is 2.65 bits per heavy atom. The molecular formula is C15H19ClN2OS. The fourth-order valence-electron chi connectivity index (χ4n) is 2.05. The van der Waals surface area contributed by atoms with Crippen LogP contribution in [0.4, 0.5) is 0 Å². The van der Waals surface area contributed by atoms with Crippen LogP contribution in [0.3, 0.4) is 0 Å². The Labute approximate surface area is 128 Å². The first-order chi connectivity index (χ1) is 9.29. The van der Waals surface area contributed by atoms with E-state index in [1.54, 1.807) is 0 Å². The molecule has 0 amide bonds. The number of hydrogen-bond donors (Lipinski definition) is 1. The predicted molar refractivity (Wildman–Crippen MR) is 83.5 cm³/mol. The lowest BCUT2D eigenvalue weighted by molar-refractivity contribution is 0.179. The van der Waals surface area contributed by atoms with Gasteiger partial charge in [0.2, 0.25) is 0 Å². The van der Waals surface area contributed by atoms with E-state index in [4.69, 9.17) is 11.6 Å². The summed E-state index contributed by atoms with van der Waals surface area (Å²) >= 11 is 7.48. The summed E-state index contributed by atoms with van der Waals surface area (Å²) in [6, 6.07) is 5.88. The van der Waals surface area contributed by atoms with Crippen molar-refractivity contribution in [3.05, 3.63) is 44.9 Å². The van der Waals surface area contributed by atoms with Gasteiger partial charge >= 0.3 is 0 Å². The average Bonchev–Trinajstić information content (AvgIpc) is 2.81. The highest BCUT2D eigenvalue weighted by Crippen LogP contribution is 2.33. The summed E-state index contributed by atoms with van der Waals surface area (Å²) < 4.78 is 3.99. The second-order valence-electron chi connectivity index (χ2n) is 6.05. The van der Waals surface area contributed by atoms with Gasteiger partial charge in [0.1, 0.15) is 0 Å². The third kappa shape index (κ3) is 3.37. The van der Waals surface area contributed by atoms with Crippen LogP contribution in [0.2, 0.25) is 5.02 Å². The molecule has 20 heavy (non-hydrogen) atoms. The number of hydrogen-bond acceptors (Lipinski definition) is 4. The summed E-state index contributed by atoms with van der Waals surface area (Å²) in [5.74, 6) is 0. The molecule has 0 spiro atoms. The van der Waals surface area contributed by atoms with Gasteiger partial charge in [0.25, 0.3) is 0 Å². The molecule has 1 N–H and O–H groups in total. The van der Waals surface area contributed by atoms with E-state index in [1.165, 1.54) is 11.5 Å². The van der Waals surface area contributed by atoms with Gasteiger partial charge in [-0.15, -0.1) is 5.10 Å². The lowest BCUT2D eigenvalue weighted by Gasteiger charge is -2.19. The number of aromatic nitrogens is 2. The van der Waals surface area contributed by atoms with Crippen molar-refractivity contribution in [3.8, 4) is 0 Å². The number of nitrogens with zero attached hydrogens (tertiary/aromatic N) is 2. The topological polar surface area (TPSA) is 46.0 Å². The monoisotopic (exact) mass is 310 g/mol. The van der Waals surface area contributed by atoms with Gasteiger partial charge in [0.05, 0.1) is 16.7 Å². The lowest BCUT2D eigenvalue weighted by Crippen LogP contribution is -2.16. The molecule has 1 atom stereocenters. The van der Waals surface area contributed by atoms with E-state index in [-0.39, 0.29) is 5.41 Å². The SMILES string of the molecule is Cc1ccc(CC(O)c2snnc2C(C)(C)C)c(Cl)c1. The quantitative estimate of drug-likeness (QED) is 0.929. The van der Waals surface area contributed by atoms with Gasteiger partial charge in [-0.1, -0.05) is 49.0 Å². The molecule has 1 aromatic carbocycles. The minimum Gasteiger partial charge on any atom is -0.387 e. The number of benzene rings is 1. The van der Waals surface area contributed by atoms with Crippen molar-refractivity contribution in [2.75, 3.05) is 0 Å². The van der Waals surface area contributed by atoms with E-state index in [0.717, 1.165) is 21.7 Å². The second-order valence-corrected chi connectivity index (χ2v) is 7.24. The predicted octanol–water partition coefficient (Wildman–Crippen LogP) is 4.07. The van der Waals surface area contributed by atoms with Crippen LogP contribution < -0.4 is 0 Å². The molecule has 0 saturated heterocycles. The smallest absolute Gasteiger partial charge is 0.0958 e. The molecule has 0 bridgehead atoms. The van der Waals surface area contributed by atoms with E-state index < -0.39 is 6.10 Å². The van der Waals surface area contributed by atoms with Gasteiger partial charge in [0.15, 0.2) is 0 Å². The van der Waals surface area contributed by atoms with Crippen molar-refractivity contribution in [3.63, 3.8) is 0 Å².